The highest BCUT2D eigenvalue weighted by atomic mass is 16.5. The molecule has 1 fully saturated rings. The molecule has 0 atom stereocenters. The molecule has 0 bridgehead atoms. The van der Waals surface area contributed by atoms with Crippen LogP contribution in [-0.4, -0.2) is 34.1 Å². The minimum atomic E-state index is -0.134. The summed E-state index contributed by atoms with van der Waals surface area (Å²) in [5.41, 5.74) is 1.60. The number of hydrogen-bond acceptors (Lipinski definition) is 7. The van der Waals surface area contributed by atoms with Gasteiger partial charge >= 0.3 is 0 Å². The summed E-state index contributed by atoms with van der Waals surface area (Å²) in [5, 5.41) is 6.73. The van der Waals surface area contributed by atoms with Crippen molar-refractivity contribution < 1.29 is 14.1 Å². The third-order valence-corrected chi connectivity index (χ3v) is 4.75. The number of ether oxygens (including phenoxy) is 1. The number of aromatic nitrogens is 3. The van der Waals surface area contributed by atoms with Gasteiger partial charge in [-0.15, -0.1) is 0 Å². The van der Waals surface area contributed by atoms with Gasteiger partial charge < -0.3 is 19.5 Å². The van der Waals surface area contributed by atoms with Gasteiger partial charge in [-0.05, 0) is 54.8 Å². The number of benzene rings is 1. The summed E-state index contributed by atoms with van der Waals surface area (Å²) in [6.45, 7) is 4.48. The number of rotatable bonds is 7. The largest absolute Gasteiger partial charge is 0.485 e. The molecule has 1 aromatic carbocycles. The van der Waals surface area contributed by atoms with Gasteiger partial charge in [0.25, 0.3) is 5.91 Å². The van der Waals surface area contributed by atoms with Crippen LogP contribution in [0.5, 0.6) is 5.75 Å². The SMILES string of the molecule is Cc1nc(COc2ccc(C(=O)NCc3ccnc(N4CCCC4)c3)cc2)no1. The Labute approximate surface area is 168 Å². The predicted molar refractivity (Wildman–Crippen MR) is 107 cm³/mol. The molecule has 0 saturated carbocycles. The molecule has 3 aromatic rings. The van der Waals surface area contributed by atoms with E-state index in [-0.39, 0.29) is 12.5 Å². The molecule has 0 aliphatic carbocycles. The molecule has 0 spiro atoms. The molecular weight excluding hydrogens is 370 g/mol. The zero-order chi connectivity index (χ0) is 20.1. The molecule has 8 nitrogen and oxygen atoms in total. The van der Waals surface area contributed by atoms with Crippen LogP contribution in [0.15, 0.2) is 47.1 Å². The zero-order valence-corrected chi connectivity index (χ0v) is 16.3. The first-order valence-electron chi connectivity index (χ1n) is 9.67. The van der Waals surface area contributed by atoms with Crippen LogP contribution in [0.2, 0.25) is 0 Å². The summed E-state index contributed by atoms with van der Waals surface area (Å²) >= 11 is 0. The second kappa shape index (κ2) is 8.72. The maximum Gasteiger partial charge on any atom is 0.251 e. The number of anilines is 1. The third-order valence-electron chi connectivity index (χ3n) is 4.75. The van der Waals surface area contributed by atoms with Crippen LogP contribution in [0.4, 0.5) is 5.82 Å². The lowest BCUT2D eigenvalue weighted by Gasteiger charge is -2.17. The Morgan fingerprint density at radius 2 is 2.00 bits per heavy atom. The highest BCUT2D eigenvalue weighted by Gasteiger charge is 2.14. The third kappa shape index (κ3) is 4.90. The van der Waals surface area contributed by atoms with Crippen molar-refractivity contribution in [3.8, 4) is 5.75 Å². The van der Waals surface area contributed by atoms with Crippen LogP contribution < -0.4 is 15.0 Å². The lowest BCUT2D eigenvalue weighted by Crippen LogP contribution is -2.23. The number of pyridine rings is 1. The van der Waals surface area contributed by atoms with Crippen LogP contribution >= 0.6 is 0 Å². The second-order valence-corrected chi connectivity index (χ2v) is 6.94. The van der Waals surface area contributed by atoms with Gasteiger partial charge in [0.05, 0.1) is 0 Å². The molecule has 8 heteroatoms. The summed E-state index contributed by atoms with van der Waals surface area (Å²) < 4.78 is 10.5. The van der Waals surface area contributed by atoms with Gasteiger partial charge in [0.2, 0.25) is 11.7 Å². The van der Waals surface area contributed by atoms with Crippen molar-refractivity contribution >= 4 is 11.7 Å². The minimum Gasteiger partial charge on any atom is -0.485 e. The summed E-state index contributed by atoms with van der Waals surface area (Å²) in [6, 6.07) is 10.9. The fraction of sp³-hybridized carbons (Fsp3) is 0.333. The van der Waals surface area contributed by atoms with Crippen molar-refractivity contribution in [3.63, 3.8) is 0 Å². The normalized spacial score (nSPS) is 13.5. The van der Waals surface area contributed by atoms with Gasteiger partial charge in [0, 0.05) is 38.3 Å². The Morgan fingerprint density at radius 3 is 2.72 bits per heavy atom. The van der Waals surface area contributed by atoms with E-state index in [0.717, 1.165) is 24.5 Å². The summed E-state index contributed by atoms with van der Waals surface area (Å²) in [7, 11) is 0. The standard InChI is InChI=1S/C21H23N5O3/c1-15-24-19(25-29-15)14-28-18-6-4-17(5-7-18)21(27)23-13-16-8-9-22-20(12-16)26-10-2-3-11-26/h4-9,12H,2-3,10-11,13-14H2,1H3,(H,23,27). The highest BCUT2D eigenvalue weighted by Crippen LogP contribution is 2.18. The number of amides is 1. The van der Waals surface area contributed by atoms with Crippen LogP contribution in [0.25, 0.3) is 0 Å². The summed E-state index contributed by atoms with van der Waals surface area (Å²) in [5.74, 6) is 2.46. The number of nitrogens with zero attached hydrogens (tertiary/aromatic N) is 4. The fourth-order valence-corrected chi connectivity index (χ4v) is 3.22. The molecule has 1 aliphatic heterocycles. The molecule has 150 valence electrons. The van der Waals surface area contributed by atoms with E-state index in [1.807, 2.05) is 12.1 Å². The predicted octanol–water partition coefficient (Wildman–Crippen LogP) is 2.88. The number of aryl methyl sites for hydroxylation is 1. The number of carbonyl (C=O) groups excluding carboxylic acids is 1. The van der Waals surface area contributed by atoms with E-state index in [4.69, 9.17) is 9.26 Å². The lowest BCUT2D eigenvalue weighted by atomic mass is 10.2. The van der Waals surface area contributed by atoms with Crippen molar-refractivity contribution in [2.45, 2.75) is 32.9 Å². The first-order chi connectivity index (χ1) is 14.2. The van der Waals surface area contributed by atoms with Crippen molar-refractivity contribution in [2.24, 2.45) is 0 Å². The molecule has 0 radical (unpaired) electrons. The molecule has 0 unspecified atom stereocenters. The molecule has 1 amide bonds. The Bertz CT molecular complexity index is 964. The molecule has 1 saturated heterocycles. The van der Waals surface area contributed by atoms with E-state index in [0.29, 0.717) is 29.6 Å². The molecule has 1 aliphatic rings. The van der Waals surface area contributed by atoms with Crippen molar-refractivity contribution in [1.29, 1.82) is 0 Å². The Balaban J connectivity index is 1.30. The van der Waals surface area contributed by atoms with Crippen LogP contribution in [0, 0.1) is 6.92 Å². The van der Waals surface area contributed by atoms with Gasteiger partial charge in [-0.2, -0.15) is 4.98 Å². The Hall–Kier alpha value is -3.42. The maximum atomic E-state index is 12.4. The Kier molecular flexibility index (Phi) is 5.69. The summed E-state index contributed by atoms with van der Waals surface area (Å²) in [6.07, 6.45) is 4.21. The van der Waals surface area contributed by atoms with E-state index in [9.17, 15) is 4.79 Å². The van der Waals surface area contributed by atoms with E-state index in [1.54, 1.807) is 37.4 Å². The van der Waals surface area contributed by atoms with Crippen molar-refractivity contribution in [3.05, 3.63) is 65.4 Å². The highest BCUT2D eigenvalue weighted by molar-refractivity contribution is 5.94. The molecule has 2 aromatic heterocycles. The van der Waals surface area contributed by atoms with Gasteiger partial charge in [-0.1, -0.05) is 5.16 Å². The van der Waals surface area contributed by atoms with Gasteiger partial charge in [-0.3, -0.25) is 4.79 Å². The maximum absolute atomic E-state index is 12.4. The van der Waals surface area contributed by atoms with E-state index >= 15 is 0 Å². The van der Waals surface area contributed by atoms with Crippen LogP contribution in [0.3, 0.4) is 0 Å². The first-order valence-corrected chi connectivity index (χ1v) is 9.67. The minimum absolute atomic E-state index is 0.134. The number of nitrogens with one attached hydrogen (secondary N) is 1. The van der Waals surface area contributed by atoms with Crippen LogP contribution in [-0.2, 0) is 13.2 Å². The average Bonchev–Trinajstić information content (AvgIpc) is 3.43. The molecular formula is C21H23N5O3. The van der Waals surface area contributed by atoms with Crippen molar-refractivity contribution in [2.75, 3.05) is 18.0 Å². The van der Waals surface area contributed by atoms with Gasteiger partial charge in [-0.25, -0.2) is 4.98 Å². The molecule has 29 heavy (non-hydrogen) atoms. The first kappa shape index (κ1) is 18.9. The zero-order valence-electron chi connectivity index (χ0n) is 16.3. The molecule has 3 heterocycles. The van der Waals surface area contributed by atoms with Gasteiger partial charge in [0.1, 0.15) is 11.6 Å². The van der Waals surface area contributed by atoms with Gasteiger partial charge in [0.15, 0.2) is 6.61 Å². The quantitative estimate of drug-likeness (QED) is 0.660. The topological polar surface area (TPSA) is 93.4 Å². The monoisotopic (exact) mass is 393 g/mol. The smallest absolute Gasteiger partial charge is 0.251 e. The average molecular weight is 393 g/mol. The lowest BCUT2D eigenvalue weighted by molar-refractivity contribution is 0.0951. The molecule has 1 N–H and O–H groups in total. The number of hydrogen-bond donors (Lipinski definition) is 1. The van der Waals surface area contributed by atoms with E-state index in [1.165, 1.54) is 12.8 Å². The van der Waals surface area contributed by atoms with E-state index in [2.05, 4.69) is 25.3 Å². The Morgan fingerprint density at radius 1 is 1.21 bits per heavy atom. The fourth-order valence-electron chi connectivity index (χ4n) is 3.22. The van der Waals surface area contributed by atoms with Crippen molar-refractivity contribution in [1.82, 2.24) is 20.4 Å². The summed E-state index contributed by atoms with van der Waals surface area (Å²) in [4.78, 5) is 23.2. The van der Waals surface area contributed by atoms with E-state index < -0.39 is 0 Å². The number of carbonyl (C=O) groups is 1. The second-order valence-electron chi connectivity index (χ2n) is 6.94. The molecule has 4 rings (SSSR count). The van der Waals surface area contributed by atoms with Crippen LogP contribution in [0.1, 0.15) is 40.5 Å².